The number of benzene rings is 2. The van der Waals surface area contributed by atoms with Crippen molar-refractivity contribution in [3.8, 4) is 22.8 Å². The minimum absolute atomic E-state index is 0.00650. The first-order valence-electron chi connectivity index (χ1n) is 7.37. The minimum Gasteiger partial charge on any atom is -0.493 e. The predicted octanol–water partition coefficient (Wildman–Crippen LogP) is 2.56. The number of amides is 1. The number of nitrogens with zero attached hydrogens (tertiary/aromatic N) is 2. The number of methoxy groups -OCH3 is 1. The van der Waals surface area contributed by atoms with Crippen LogP contribution in [-0.4, -0.2) is 34.4 Å². The highest BCUT2D eigenvalue weighted by Crippen LogP contribution is 2.40. The molecule has 0 spiro atoms. The summed E-state index contributed by atoms with van der Waals surface area (Å²) in [4.78, 5) is 23.8. The van der Waals surface area contributed by atoms with Crippen molar-refractivity contribution in [1.82, 2.24) is 15.4 Å². The lowest BCUT2D eigenvalue weighted by Gasteiger charge is -2.13. The Bertz CT molecular complexity index is 972. The predicted molar refractivity (Wildman–Crippen MR) is 96.0 cm³/mol. The Morgan fingerprint density at radius 3 is 2.54 bits per heavy atom. The van der Waals surface area contributed by atoms with Crippen LogP contribution in [0.2, 0.25) is 0 Å². The summed E-state index contributed by atoms with van der Waals surface area (Å²) in [5.74, 6) is -0.772. The molecule has 2 aromatic carbocycles. The highest BCUT2D eigenvalue weighted by Gasteiger charge is 2.21. The van der Waals surface area contributed by atoms with Crippen LogP contribution in [0.4, 0.5) is 0 Å². The summed E-state index contributed by atoms with van der Waals surface area (Å²) < 4.78 is 11.2. The number of H-pyrrole nitrogens is 1. The molecule has 0 fully saturated rings. The summed E-state index contributed by atoms with van der Waals surface area (Å²) in [5, 5.41) is 10.0. The molecule has 0 atom stereocenters. The van der Waals surface area contributed by atoms with E-state index >= 15 is 0 Å². The molecular formula is C17H13BrN4O4. The molecule has 0 aliphatic carbocycles. The largest absolute Gasteiger partial charge is 0.493 e. The van der Waals surface area contributed by atoms with Crippen LogP contribution in [-0.2, 0) is 0 Å². The third-order valence-electron chi connectivity index (χ3n) is 3.49. The number of halogens is 1. The molecule has 8 nitrogen and oxygen atoms in total. The third kappa shape index (κ3) is 3.42. The number of primary amides is 1. The van der Waals surface area contributed by atoms with Crippen molar-refractivity contribution in [3.63, 3.8) is 0 Å². The number of aromatic nitrogens is 3. The van der Waals surface area contributed by atoms with E-state index in [1.807, 2.05) is 0 Å². The molecule has 132 valence electrons. The normalized spacial score (nSPS) is 10.4. The summed E-state index contributed by atoms with van der Waals surface area (Å²) >= 11 is 3.36. The second-order valence-electron chi connectivity index (χ2n) is 5.13. The third-order valence-corrected chi connectivity index (χ3v) is 4.08. The highest BCUT2D eigenvalue weighted by atomic mass is 79.9. The Balaban J connectivity index is 1.99. The van der Waals surface area contributed by atoms with Gasteiger partial charge in [0.1, 0.15) is 5.69 Å². The lowest BCUT2D eigenvalue weighted by Crippen LogP contribution is -2.13. The highest BCUT2D eigenvalue weighted by molar-refractivity contribution is 9.10. The summed E-state index contributed by atoms with van der Waals surface area (Å²) in [5.41, 5.74) is 6.46. The van der Waals surface area contributed by atoms with Gasteiger partial charge in [0, 0.05) is 5.56 Å². The fourth-order valence-corrected chi connectivity index (χ4v) is 2.81. The maximum absolute atomic E-state index is 12.3. The summed E-state index contributed by atoms with van der Waals surface area (Å²) in [6.45, 7) is 0. The van der Waals surface area contributed by atoms with Crippen molar-refractivity contribution in [3.05, 3.63) is 58.2 Å². The average Bonchev–Trinajstić information content (AvgIpc) is 3.14. The number of carbonyl (C=O) groups excluding carboxylic acids is 2. The number of nitrogens with one attached hydrogen (secondary N) is 1. The molecule has 3 N–H and O–H groups in total. The summed E-state index contributed by atoms with van der Waals surface area (Å²) in [7, 11) is 1.43. The van der Waals surface area contributed by atoms with E-state index in [4.69, 9.17) is 15.2 Å². The Morgan fingerprint density at radius 2 is 1.88 bits per heavy atom. The van der Waals surface area contributed by atoms with E-state index in [0.717, 1.165) is 0 Å². The quantitative estimate of drug-likeness (QED) is 0.486. The first-order valence-corrected chi connectivity index (χ1v) is 8.16. The van der Waals surface area contributed by atoms with E-state index < -0.39 is 11.9 Å². The van der Waals surface area contributed by atoms with Gasteiger partial charge in [-0.05, 0) is 40.2 Å². The van der Waals surface area contributed by atoms with E-state index in [1.165, 1.54) is 7.11 Å². The zero-order valence-electron chi connectivity index (χ0n) is 13.5. The van der Waals surface area contributed by atoms with Crippen LogP contribution in [0.5, 0.6) is 11.5 Å². The number of rotatable bonds is 5. The number of ether oxygens (including phenoxy) is 2. The summed E-state index contributed by atoms with van der Waals surface area (Å²) in [6.07, 6.45) is 0. The fraction of sp³-hybridized carbons (Fsp3) is 0.0588. The topological polar surface area (TPSA) is 120 Å². The smallest absolute Gasteiger partial charge is 0.343 e. The van der Waals surface area contributed by atoms with Gasteiger partial charge in [-0.3, -0.25) is 4.79 Å². The molecule has 0 saturated heterocycles. The molecule has 1 aromatic heterocycles. The van der Waals surface area contributed by atoms with Crippen LogP contribution in [0.15, 0.2) is 46.9 Å². The van der Waals surface area contributed by atoms with Gasteiger partial charge in [0.15, 0.2) is 17.2 Å². The standard InChI is InChI=1S/C17H13BrN4O4/c1-25-12-8-10(13-14(16(19)23)21-22-20-13)7-11(18)15(12)26-17(24)9-5-3-2-4-6-9/h2-8H,1H3,(H2,19,23)(H,20,21,22). The molecule has 0 bridgehead atoms. The Kier molecular flexibility index (Phi) is 4.99. The van der Waals surface area contributed by atoms with Crippen LogP contribution in [0.1, 0.15) is 20.8 Å². The van der Waals surface area contributed by atoms with Crippen LogP contribution in [0, 0.1) is 0 Å². The minimum atomic E-state index is -0.719. The van der Waals surface area contributed by atoms with Gasteiger partial charge in [-0.1, -0.05) is 18.2 Å². The van der Waals surface area contributed by atoms with Gasteiger partial charge < -0.3 is 15.2 Å². The van der Waals surface area contributed by atoms with Crippen molar-refractivity contribution < 1.29 is 19.1 Å². The van der Waals surface area contributed by atoms with Crippen LogP contribution in [0.25, 0.3) is 11.3 Å². The molecule has 0 radical (unpaired) electrons. The van der Waals surface area contributed by atoms with Gasteiger partial charge in [-0.25, -0.2) is 4.79 Å². The zero-order chi connectivity index (χ0) is 18.7. The number of hydrogen-bond donors (Lipinski definition) is 2. The second-order valence-corrected chi connectivity index (χ2v) is 5.98. The molecule has 26 heavy (non-hydrogen) atoms. The van der Waals surface area contributed by atoms with Crippen molar-refractivity contribution >= 4 is 27.8 Å². The van der Waals surface area contributed by atoms with E-state index in [9.17, 15) is 9.59 Å². The SMILES string of the molecule is COc1cc(-c2n[nH]nc2C(N)=O)cc(Br)c1OC(=O)c1ccccc1. The van der Waals surface area contributed by atoms with E-state index in [0.29, 0.717) is 15.6 Å². The molecule has 0 aliphatic heterocycles. The Labute approximate surface area is 156 Å². The van der Waals surface area contributed by atoms with Crippen molar-refractivity contribution in [2.24, 2.45) is 5.73 Å². The average molecular weight is 417 g/mol. The first kappa shape index (κ1) is 17.6. The number of hydrogen-bond acceptors (Lipinski definition) is 6. The van der Waals surface area contributed by atoms with Gasteiger partial charge in [0.2, 0.25) is 0 Å². The second kappa shape index (κ2) is 7.36. The van der Waals surface area contributed by atoms with Gasteiger partial charge in [0.05, 0.1) is 17.1 Å². The lowest BCUT2D eigenvalue weighted by atomic mass is 10.1. The van der Waals surface area contributed by atoms with Gasteiger partial charge in [-0.2, -0.15) is 15.4 Å². The van der Waals surface area contributed by atoms with Crippen molar-refractivity contribution in [2.45, 2.75) is 0 Å². The van der Waals surface area contributed by atoms with Gasteiger partial charge in [0.25, 0.3) is 5.91 Å². The molecule has 9 heteroatoms. The van der Waals surface area contributed by atoms with Crippen LogP contribution < -0.4 is 15.2 Å². The number of aromatic amines is 1. The van der Waals surface area contributed by atoms with E-state index in [1.54, 1.807) is 42.5 Å². The maximum atomic E-state index is 12.3. The van der Waals surface area contributed by atoms with Crippen molar-refractivity contribution in [1.29, 1.82) is 0 Å². The molecule has 1 heterocycles. The number of carbonyl (C=O) groups is 2. The zero-order valence-corrected chi connectivity index (χ0v) is 15.1. The molecule has 3 rings (SSSR count). The number of esters is 1. The molecule has 3 aromatic rings. The van der Waals surface area contributed by atoms with Crippen LogP contribution in [0.3, 0.4) is 0 Å². The Morgan fingerprint density at radius 1 is 1.15 bits per heavy atom. The van der Waals surface area contributed by atoms with Crippen LogP contribution >= 0.6 is 15.9 Å². The molecule has 0 saturated carbocycles. The lowest BCUT2D eigenvalue weighted by molar-refractivity contribution is 0.0728. The van der Waals surface area contributed by atoms with E-state index in [-0.39, 0.29) is 22.9 Å². The first-order chi connectivity index (χ1) is 12.5. The van der Waals surface area contributed by atoms with E-state index in [2.05, 4.69) is 31.3 Å². The molecular weight excluding hydrogens is 404 g/mol. The van der Waals surface area contributed by atoms with Gasteiger partial charge in [-0.15, -0.1) is 0 Å². The maximum Gasteiger partial charge on any atom is 0.343 e. The van der Waals surface area contributed by atoms with Gasteiger partial charge >= 0.3 is 5.97 Å². The molecule has 0 unspecified atom stereocenters. The Hall–Kier alpha value is -3.20. The molecule has 0 aliphatic rings. The summed E-state index contributed by atoms with van der Waals surface area (Å²) in [6, 6.07) is 11.8. The molecule has 1 amide bonds. The number of nitrogens with two attached hydrogens (primary N) is 1. The monoisotopic (exact) mass is 416 g/mol. The fourth-order valence-electron chi connectivity index (χ4n) is 2.29. The van der Waals surface area contributed by atoms with Crippen molar-refractivity contribution in [2.75, 3.05) is 7.11 Å².